The van der Waals surface area contributed by atoms with Gasteiger partial charge in [0.25, 0.3) is 11.8 Å². The Morgan fingerprint density at radius 3 is 1.98 bits per heavy atom. The minimum absolute atomic E-state index is 0.176. The number of rotatable bonds is 7. The minimum Gasteiger partial charge on any atom is -0.462 e. The molecule has 46 heavy (non-hydrogen) atoms. The number of carbonyl (C=O) groups excluding carboxylic acids is 4. The highest BCUT2D eigenvalue weighted by Crippen LogP contribution is 2.38. The Labute approximate surface area is 266 Å². The van der Waals surface area contributed by atoms with Gasteiger partial charge in [-0.05, 0) is 91.6 Å². The van der Waals surface area contributed by atoms with Crippen LogP contribution in [0.25, 0.3) is 34.3 Å². The molecule has 1 aliphatic heterocycles. The van der Waals surface area contributed by atoms with Crippen molar-refractivity contribution in [1.82, 2.24) is 9.88 Å². The van der Waals surface area contributed by atoms with Gasteiger partial charge in [-0.3, -0.25) is 14.9 Å². The fourth-order valence-electron chi connectivity index (χ4n) is 5.71. The standard InChI is InChI=1S/C38H31N3O5/c1-4-46-37(44)28-15-17-30(18-16-28)40-33(26-11-7-5-8-12-26)23-29(34(40)27-13-9-6-10-14-27)22-32-35(42)39-38(45)41(36(32)43)31-20-24(2)19-25(3)21-31/h5-23H,4H2,1-3H3,(H,39,42,45). The molecule has 1 fully saturated rings. The SMILES string of the molecule is CCOC(=O)c1ccc(-n2c(-c3ccccc3)cc(C=C3C(=O)NC(=O)N(c4cc(C)cc(C)c4)C3=O)c2-c2ccccc2)cc1. The number of nitrogens with one attached hydrogen (secondary N) is 1. The van der Waals surface area contributed by atoms with E-state index in [1.54, 1.807) is 31.2 Å². The highest BCUT2D eigenvalue weighted by Gasteiger charge is 2.37. The summed E-state index contributed by atoms with van der Waals surface area (Å²) in [4.78, 5) is 53.6. The number of aromatic nitrogens is 1. The van der Waals surface area contributed by atoms with Crippen LogP contribution in [0.3, 0.4) is 0 Å². The topological polar surface area (TPSA) is 97.7 Å². The molecule has 0 atom stereocenters. The van der Waals surface area contributed by atoms with Crippen LogP contribution in [0, 0.1) is 13.8 Å². The monoisotopic (exact) mass is 609 g/mol. The fourth-order valence-corrected chi connectivity index (χ4v) is 5.71. The van der Waals surface area contributed by atoms with E-state index in [0.717, 1.165) is 38.5 Å². The lowest BCUT2D eigenvalue weighted by molar-refractivity contribution is -0.122. The molecule has 228 valence electrons. The summed E-state index contributed by atoms with van der Waals surface area (Å²) in [5.41, 5.74) is 6.95. The van der Waals surface area contributed by atoms with Gasteiger partial charge in [0.1, 0.15) is 5.57 Å². The zero-order chi connectivity index (χ0) is 32.4. The predicted molar refractivity (Wildman–Crippen MR) is 178 cm³/mol. The Morgan fingerprint density at radius 2 is 1.37 bits per heavy atom. The third-order valence-electron chi connectivity index (χ3n) is 7.65. The van der Waals surface area contributed by atoms with Gasteiger partial charge in [0, 0.05) is 11.3 Å². The number of ether oxygens (including phenoxy) is 1. The number of hydrogen-bond acceptors (Lipinski definition) is 5. The van der Waals surface area contributed by atoms with Gasteiger partial charge in [-0.2, -0.15) is 0 Å². The Morgan fingerprint density at radius 1 is 0.761 bits per heavy atom. The summed E-state index contributed by atoms with van der Waals surface area (Å²) in [5.74, 6) is -1.91. The Balaban J connectivity index is 1.57. The zero-order valence-electron chi connectivity index (χ0n) is 25.6. The van der Waals surface area contributed by atoms with Crippen molar-refractivity contribution in [2.24, 2.45) is 0 Å². The molecule has 0 spiro atoms. The predicted octanol–water partition coefficient (Wildman–Crippen LogP) is 7.27. The molecule has 4 amide bonds. The molecular formula is C38H31N3O5. The first-order valence-corrected chi connectivity index (χ1v) is 14.9. The summed E-state index contributed by atoms with van der Waals surface area (Å²) in [5, 5.41) is 2.35. The number of imide groups is 2. The van der Waals surface area contributed by atoms with Crippen LogP contribution in [0.2, 0.25) is 0 Å². The van der Waals surface area contributed by atoms with Gasteiger partial charge in [-0.1, -0.05) is 66.7 Å². The molecular weight excluding hydrogens is 578 g/mol. The molecule has 5 aromatic rings. The number of aryl methyl sites for hydroxylation is 2. The molecule has 4 aromatic carbocycles. The maximum absolute atomic E-state index is 13.9. The molecule has 8 nitrogen and oxygen atoms in total. The summed E-state index contributed by atoms with van der Waals surface area (Å²) in [7, 11) is 0. The van der Waals surface area contributed by atoms with Gasteiger partial charge in [-0.15, -0.1) is 0 Å². The van der Waals surface area contributed by atoms with E-state index in [-0.39, 0.29) is 12.2 Å². The van der Waals surface area contributed by atoms with E-state index < -0.39 is 23.8 Å². The van der Waals surface area contributed by atoms with Crippen molar-refractivity contribution in [2.45, 2.75) is 20.8 Å². The van der Waals surface area contributed by atoms with Crippen molar-refractivity contribution in [3.8, 4) is 28.2 Å². The zero-order valence-corrected chi connectivity index (χ0v) is 25.6. The highest BCUT2D eigenvalue weighted by atomic mass is 16.5. The van der Waals surface area contributed by atoms with Crippen LogP contribution in [-0.2, 0) is 14.3 Å². The van der Waals surface area contributed by atoms with E-state index >= 15 is 0 Å². The van der Waals surface area contributed by atoms with E-state index in [0.29, 0.717) is 22.5 Å². The summed E-state index contributed by atoms with van der Waals surface area (Å²) in [6.07, 6.45) is 1.54. The molecule has 0 saturated carbocycles. The van der Waals surface area contributed by atoms with Crippen molar-refractivity contribution in [1.29, 1.82) is 0 Å². The van der Waals surface area contributed by atoms with Gasteiger partial charge in [0.05, 0.1) is 29.2 Å². The molecule has 0 unspecified atom stereocenters. The number of amides is 4. The van der Waals surface area contributed by atoms with Gasteiger partial charge in [0.2, 0.25) is 0 Å². The fraction of sp³-hybridized carbons (Fsp3) is 0.105. The Kier molecular flexibility index (Phi) is 8.18. The van der Waals surface area contributed by atoms with Crippen molar-refractivity contribution in [2.75, 3.05) is 11.5 Å². The number of hydrogen-bond donors (Lipinski definition) is 1. The first-order chi connectivity index (χ1) is 22.2. The number of urea groups is 1. The second kappa shape index (κ2) is 12.5. The van der Waals surface area contributed by atoms with Crippen LogP contribution in [0.1, 0.15) is 34.0 Å². The number of anilines is 1. The molecule has 0 aliphatic carbocycles. The number of benzene rings is 4. The van der Waals surface area contributed by atoms with E-state index in [9.17, 15) is 19.2 Å². The van der Waals surface area contributed by atoms with E-state index in [1.807, 2.05) is 103 Å². The van der Waals surface area contributed by atoms with Gasteiger partial charge >= 0.3 is 12.0 Å². The molecule has 2 heterocycles. The molecule has 1 saturated heterocycles. The van der Waals surface area contributed by atoms with Crippen molar-refractivity contribution in [3.05, 3.63) is 137 Å². The summed E-state index contributed by atoms with van der Waals surface area (Å²) >= 11 is 0. The Bertz CT molecular complexity index is 1990. The van der Waals surface area contributed by atoms with Crippen molar-refractivity contribution < 1.29 is 23.9 Å². The average Bonchev–Trinajstić information content (AvgIpc) is 3.43. The van der Waals surface area contributed by atoms with Crippen LogP contribution in [0.5, 0.6) is 0 Å². The first kappa shape index (κ1) is 30.0. The van der Waals surface area contributed by atoms with E-state index in [1.165, 1.54) is 6.08 Å². The summed E-state index contributed by atoms with van der Waals surface area (Å²) < 4.78 is 7.21. The lowest BCUT2D eigenvalue weighted by atomic mass is 10.0. The second-order valence-electron chi connectivity index (χ2n) is 11.0. The third kappa shape index (κ3) is 5.76. The third-order valence-corrected chi connectivity index (χ3v) is 7.65. The molecule has 8 heteroatoms. The molecule has 0 bridgehead atoms. The quantitative estimate of drug-likeness (QED) is 0.119. The molecule has 1 N–H and O–H groups in total. The summed E-state index contributed by atoms with van der Waals surface area (Å²) in [6, 6.07) is 33.0. The van der Waals surface area contributed by atoms with Crippen LogP contribution >= 0.6 is 0 Å². The molecule has 6 rings (SSSR count). The van der Waals surface area contributed by atoms with Crippen LogP contribution in [0.15, 0.2) is 115 Å². The van der Waals surface area contributed by atoms with Crippen LogP contribution in [-0.4, -0.2) is 35.0 Å². The number of esters is 1. The van der Waals surface area contributed by atoms with Gasteiger partial charge in [-0.25, -0.2) is 14.5 Å². The van der Waals surface area contributed by atoms with Crippen molar-refractivity contribution >= 4 is 35.6 Å². The smallest absolute Gasteiger partial charge is 0.338 e. The molecule has 1 aliphatic rings. The lowest BCUT2D eigenvalue weighted by Gasteiger charge is -2.27. The number of carbonyl (C=O) groups is 4. The van der Waals surface area contributed by atoms with Crippen LogP contribution < -0.4 is 10.2 Å². The average molecular weight is 610 g/mol. The van der Waals surface area contributed by atoms with Gasteiger partial charge in [0.15, 0.2) is 0 Å². The molecule has 0 radical (unpaired) electrons. The van der Waals surface area contributed by atoms with Crippen LogP contribution in [0.4, 0.5) is 10.5 Å². The minimum atomic E-state index is -0.801. The second-order valence-corrected chi connectivity index (χ2v) is 11.0. The van der Waals surface area contributed by atoms with Gasteiger partial charge < -0.3 is 9.30 Å². The lowest BCUT2D eigenvalue weighted by Crippen LogP contribution is -2.54. The van der Waals surface area contributed by atoms with E-state index in [2.05, 4.69) is 5.32 Å². The summed E-state index contributed by atoms with van der Waals surface area (Å²) in [6.45, 7) is 5.79. The first-order valence-electron chi connectivity index (χ1n) is 14.9. The van der Waals surface area contributed by atoms with E-state index in [4.69, 9.17) is 4.74 Å². The number of nitrogens with zero attached hydrogens (tertiary/aromatic N) is 2. The number of barbiturate groups is 1. The maximum Gasteiger partial charge on any atom is 0.338 e. The normalized spacial score (nSPS) is 14.0. The van der Waals surface area contributed by atoms with Crippen molar-refractivity contribution in [3.63, 3.8) is 0 Å². The Hall–Kier alpha value is -6.02. The maximum atomic E-state index is 13.9. The highest BCUT2D eigenvalue weighted by molar-refractivity contribution is 6.39. The molecule has 1 aromatic heterocycles. The largest absolute Gasteiger partial charge is 0.462 e.